The van der Waals surface area contributed by atoms with Gasteiger partial charge in [-0.25, -0.2) is 0 Å². The minimum Gasteiger partial charge on any atom is -0.341 e. The van der Waals surface area contributed by atoms with E-state index in [1.165, 1.54) is 0 Å². The summed E-state index contributed by atoms with van der Waals surface area (Å²) in [5.74, 6) is 1.79. The maximum atomic E-state index is 12.5. The molecule has 126 valence electrons. The molecule has 3 aliphatic rings. The number of likely N-dealkylation sites (tertiary alicyclic amines) is 2. The number of hydrogen-bond donors (Lipinski definition) is 1. The van der Waals surface area contributed by atoms with Gasteiger partial charge in [-0.05, 0) is 50.6 Å². The number of hydrogen-bond acceptors (Lipinski definition) is 3. The van der Waals surface area contributed by atoms with Crippen LogP contribution in [0, 0.1) is 11.8 Å². The Bertz CT molecular complexity index is 391. The normalized spacial score (nSPS) is 29.4. The van der Waals surface area contributed by atoms with Crippen LogP contribution in [-0.4, -0.2) is 60.9 Å². The van der Waals surface area contributed by atoms with Crippen LogP contribution in [0.2, 0.25) is 0 Å². The molecule has 1 N–H and O–H groups in total. The average Bonchev–Trinajstić information content (AvgIpc) is 2.70. The van der Waals surface area contributed by atoms with Crippen molar-refractivity contribution in [3.63, 3.8) is 0 Å². The number of carbonyl (C=O) groups excluding carboxylic acids is 2. The van der Waals surface area contributed by atoms with Gasteiger partial charge in [0.05, 0.1) is 6.54 Å². The maximum absolute atomic E-state index is 12.5. The third-order valence-electron chi connectivity index (χ3n) is 5.37. The highest BCUT2D eigenvalue weighted by Gasteiger charge is 2.32. The van der Waals surface area contributed by atoms with Gasteiger partial charge in [0.25, 0.3) is 0 Å². The van der Waals surface area contributed by atoms with Crippen molar-refractivity contribution in [3.8, 4) is 0 Å². The van der Waals surface area contributed by atoms with Gasteiger partial charge in [-0.15, -0.1) is 12.4 Å². The zero-order chi connectivity index (χ0) is 14.7. The monoisotopic (exact) mass is 329 g/mol. The van der Waals surface area contributed by atoms with E-state index >= 15 is 0 Å². The van der Waals surface area contributed by atoms with E-state index in [4.69, 9.17) is 0 Å². The number of nitrogens with one attached hydrogen (secondary N) is 1. The average molecular weight is 330 g/mol. The van der Waals surface area contributed by atoms with Crippen LogP contribution in [0.1, 0.15) is 38.5 Å². The van der Waals surface area contributed by atoms with Crippen LogP contribution in [0.25, 0.3) is 0 Å². The van der Waals surface area contributed by atoms with Crippen LogP contribution >= 0.6 is 12.4 Å². The Labute approximate surface area is 139 Å². The Morgan fingerprint density at radius 3 is 2.41 bits per heavy atom. The quantitative estimate of drug-likeness (QED) is 0.830. The lowest BCUT2D eigenvalue weighted by Crippen LogP contribution is -2.43. The lowest BCUT2D eigenvalue weighted by molar-refractivity contribution is -0.140. The number of rotatable bonds is 2. The molecule has 0 aliphatic carbocycles. The number of halogens is 1. The fourth-order valence-corrected chi connectivity index (χ4v) is 3.94. The van der Waals surface area contributed by atoms with Crippen molar-refractivity contribution in [2.75, 3.05) is 39.3 Å². The number of carbonyl (C=O) groups is 2. The number of fused-ring (bicyclic) bond motifs is 1. The van der Waals surface area contributed by atoms with E-state index in [0.29, 0.717) is 13.0 Å². The highest BCUT2D eigenvalue weighted by atomic mass is 35.5. The van der Waals surface area contributed by atoms with Gasteiger partial charge in [0.15, 0.2) is 0 Å². The molecule has 6 heteroatoms. The lowest BCUT2D eigenvalue weighted by Gasteiger charge is -2.26. The van der Waals surface area contributed by atoms with Crippen LogP contribution < -0.4 is 5.32 Å². The first-order valence-corrected chi connectivity index (χ1v) is 8.50. The maximum Gasteiger partial charge on any atom is 0.242 e. The van der Waals surface area contributed by atoms with E-state index in [2.05, 4.69) is 5.32 Å². The molecule has 0 aromatic rings. The van der Waals surface area contributed by atoms with Gasteiger partial charge in [-0.3, -0.25) is 9.59 Å². The minimum absolute atomic E-state index is 0. The summed E-state index contributed by atoms with van der Waals surface area (Å²) in [6.07, 6.45) is 5.95. The molecule has 2 atom stereocenters. The first kappa shape index (κ1) is 17.5. The van der Waals surface area contributed by atoms with Crippen LogP contribution in [0.3, 0.4) is 0 Å². The second kappa shape index (κ2) is 8.16. The summed E-state index contributed by atoms with van der Waals surface area (Å²) in [5, 5.41) is 3.46. The molecule has 22 heavy (non-hydrogen) atoms. The van der Waals surface area contributed by atoms with Gasteiger partial charge in [-0.1, -0.05) is 6.42 Å². The van der Waals surface area contributed by atoms with E-state index in [9.17, 15) is 9.59 Å². The molecule has 0 spiro atoms. The van der Waals surface area contributed by atoms with Crippen molar-refractivity contribution in [1.82, 2.24) is 15.1 Å². The lowest BCUT2D eigenvalue weighted by atomic mass is 9.92. The summed E-state index contributed by atoms with van der Waals surface area (Å²) >= 11 is 0. The van der Waals surface area contributed by atoms with E-state index in [-0.39, 0.29) is 24.2 Å². The predicted molar refractivity (Wildman–Crippen MR) is 88.0 cm³/mol. The van der Waals surface area contributed by atoms with Crippen LogP contribution in [-0.2, 0) is 9.59 Å². The molecule has 0 bridgehead atoms. The summed E-state index contributed by atoms with van der Waals surface area (Å²) in [7, 11) is 0. The fourth-order valence-electron chi connectivity index (χ4n) is 3.94. The fraction of sp³-hybridized carbons (Fsp3) is 0.875. The molecule has 0 saturated carbocycles. The minimum atomic E-state index is 0. The second-order valence-electron chi connectivity index (χ2n) is 6.76. The highest BCUT2D eigenvalue weighted by molar-refractivity contribution is 5.85. The van der Waals surface area contributed by atoms with E-state index in [1.807, 2.05) is 4.90 Å². The van der Waals surface area contributed by atoms with E-state index in [1.54, 1.807) is 4.90 Å². The van der Waals surface area contributed by atoms with Crippen molar-refractivity contribution < 1.29 is 9.59 Å². The zero-order valence-corrected chi connectivity index (χ0v) is 14.1. The molecule has 0 radical (unpaired) electrons. The van der Waals surface area contributed by atoms with E-state index in [0.717, 1.165) is 76.7 Å². The molecular weight excluding hydrogens is 302 g/mol. The summed E-state index contributed by atoms with van der Waals surface area (Å²) in [5.41, 5.74) is 0. The second-order valence-corrected chi connectivity index (χ2v) is 6.76. The third kappa shape index (κ3) is 4.13. The molecule has 2 amide bonds. The molecular formula is C16H28ClN3O2. The van der Waals surface area contributed by atoms with Gasteiger partial charge < -0.3 is 15.1 Å². The molecule has 3 aliphatic heterocycles. The zero-order valence-electron chi connectivity index (χ0n) is 13.3. The standard InChI is InChI=1S/C16H27N3O2.ClH/c20-15-4-2-1-3-7-19(15)12-16(21)18-8-5-13-10-17-11-14(13)6-9-18;/h13-14,17H,1-12H2;1H/t13-,14+;. The summed E-state index contributed by atoms with van der Waals surface area (Å²) in [4.78, 5) is 28.3. The Hall–Kier alpha value is -0.810. The van der Waals surface area contributed by atoms with Crippen molar-refractivity contribution in [3.05, 3.63) is 0 Å². The van der Waals surface area contributed by atoms with Crippen molar-refractivity contribution >= 4 is 24.2 Å². The van der Waals surface area contributed by atoms with Gasteiger partial charge in [0.1, 0.15) is 0 Å². The summed E-state index contributed by atoms with van der Waals surface area (Å²) in [6, 6.07) is 0. The Morgan fingerprint density at radius 2 is 1.73 bits per heavy atom. The van der Waals surface area contributed by atoms with Crippen molar-refractivity contribution in [1.29, 1.82) is 0 Å². The van der Waals surface area contributed by atoms with Gasteiger partial charge in [-0.2, -0.15) is 0 Å². The molecule has 5 nitrogen and oxygen atoms in total. The van der Waals surface area contributed by atoms with Crippen LogP contribution in [0.4, 0.5) is 0 Å². The molecule has 3 heterocycles. The van der Waals surface area contributed by atoms with Crippen molar-refractivity contribution in [2.45, 2.75) is 38.5 Å². The first-order valence-electron chi connectivity index (χ1n) is 8.50. The largest absolute Gasteiger partial charge is 0.341 e. The molecule has 0 aromatic carbocycles. The van der Waals surface area contributed by atoms with Crippen molar-refractivity contribution in [2.24, 2.45) is 11.8 Å². The van der Waals surface area contributed by atoms with Gasteiger partial charge in [0, 0.05) is 26.1 Å². The third-order valence-corrected chi connectivity index (χ3v) is 5.37. The number of amides is 2. The molecule has 3 saturated heterocycles. The predicted octanol–water partition coefficient (Wildman–Crippen LogP) is 1.27. The Balaban J connectivity index is 0.00000176. The Kier molecular flexibility index (Phi) is 6.50. The highest BCUT2D eigenvalue weighted by Crippen LogP contribution is 2.27. The topological polar surface area (TPSA) is 52.7 Å². The Morgan fingerprint density at radius 1 is 1.05 bits per heavy atom. The van der Waals surface area contributed by atoms with Gasteiger partial charge >= 0.3 is 0 Å². The van der Waals surface area contributed by atoms with Crippen LogP contribution in [0.5, 0.6) is 0 Å². The molecule has 0 aromatic heterocycles. The van der Waals surface area contributed by atoms with Crippen LogP contribution in [0.15, 0.2) is 0 Å². The molecule has 3 rings (SSSR count). The summed E-state index contributed by atoms with van der Waals surface area (Å²) in [6.45, 7) is 5.00. The van der Waals surface area contributed by atoms with E-state index < -0.39 is 0 Å². The first-order chi connectivity index (χ1) is 10.2. The summed E-state index contributed by atoms with van der Waals surface area (Å²) < 4.78 is 0. The molecule has 3 fully saturated rings. The number of nitrogens with zero attached hydrogens (tertiary/aromatic N) is 2. The smallest absolute Gasteiger partial charge is 0.242 e. The van der Waals surface area contributed by atoms with Gasteiger partial charge in [0.2, 0.25) is 11.8 Å². The SMILES string of the molecule is Cl.O=C(CN1CCCCCC1=O)N1CC[C@@H]2CNC[C@@H]2CC1. The molecule has 0 unspecified atom stereocenters.